The monoisotopic (exact) mass is 314 g/mol. The average Bonchev–Trinajstić information content (AvgIpc) is 2.94. The van der Waals surface area contributed by atoms with Gasteiger partial charge in [-0.2, -0.15) is 0 Å². The van der Waals surface area contributed by atoms with Crippen molar-refractivity contribution < 1.29 is 0 Å². The molecule has 0 spiro atoms. The molecule has 114 valence electrons. The molecule has 1 aliphatic carbocycles. The number of nitrogens with one attached hydrogen (secondary N) is 1. The first-order chi connectivity index (χ1) is 10.4. The second-order valence-corrected chi connectivity index (χ2v) is 8.00. The van der Waals surface area contributed by atoms with Gasteiger partial charge in [0.05, 0.1) is 11.8 Å². The normalized spacial score (nSPS) is 16.4. The molecule has 0 unspecified atom stereocenters. The quantitative estimate of drug-likeness (QED) is 0.750. The summed E-state index contributed by atoms with van der Waals surface area (Å²) in [5.41, 5.74) is 3.58. The molecule has 0 atom stereocenters. The van der Waals surface area contributed by atoms with Crippen LogP contribution in [-0.4, -0.2) is 29.0 Å². The van der Waals surface area contributed by atoms with E-state index in [1.165, 1.54) is 28.8 Å². The summed E-state index contributed by atoms with van der Waals surface area (Å²) < 4.78 is 0.674. The summed E-state index contributed by atoms with van der Waals surface area (Å²) in [4.78, 5) is 27.0. The predicted molar refractivity (Wildman–Crippen MR) is 91.1 cm³/mol. The fourth-order valence-electron chi connectivity index (χ4n) is 3.48. The molecular weight excluding hydrogens is 296 g/mol. The van der Waals surface area contributed by atoms with Crippen molar-refractivity contribution in [2.75, 3.05) is 19.0 Å². The van der Waals surface area contributed by atoms with E-state index in [0.29, 0.717) is 4.70 Å². The molecule has 3 aromatic heterocycles. The molecule has 0 fully saturated rings. The van der Waals surface area contributed by atoms with Gasteiger partial charge in [-0.05, 0) is 29.4 Å². The third kappa shape index (κ3) is 1.80. The van der Waals surface area contributed by atoms with E-state index >= 15 is 0 Å². The van der Waals surface area contributed by atoms with Crippen LogP contribution in [0, 0.1) is 5.41 Å². The minimum Gasteiger partial charge on any atom is -0.362 e. The number of rotatable bonds is 1. The Bertz CT molecular complexity index is 968. The van der Waals surface area contributed by atoms with Crippen LogP contribution in [0.3, 0.4) is 0 Å². The van der Waals surface area contributed by atoms with Crippen LogP contribution in [0.1, 0.15) is 25.0 Å². The van der Waals surface area contributed by atoms with Crippen molar-refractivity contribution in [2.45, 2.75) is 26.7 Å². The van der Waals surface area contributed by atoms with Gasteiger partial charge in [0.1, 0.15) is 15.3 Å². The van der Waals surface area contributed by atoms with Crippen molar-refractivity contribution in [1.82, 2.24) is 15.0 Å². The summed E-state index contributed by atoms with van der Waals surface area (Å²) in [7, 11) is 4.05. The van der Waals surface area contributed by atoms with E-state index in [4.69, 9.17) is 4.98 Å². The molecular formula is C16H18N4OS. The molecule has 1 N–H and O–H groups in total. The van der Waals surface area contributed by atoms with Gasteiger partial charge < -0.3 is 9.88 Å². The number of thiophene rings is 1. The van der Waals surface area contributed by atoms with E-state index in [1.807, 2.05) is 14.1 Å². The first-order valence-electron chi connectivity index (χ1n) is 7.36. The topological polar surface area (TPSA) is 61.9 Å². The van der Waals surface area contributed by atoms with Crippen LogP contribution in [0.2, 0.25) is 0 Å². The van der Waals surface area contributed by atoms with Crippen molar-refractivity contribution in [3.05, 3.63) is 27.8 Å². The number of hydrogen-bond donors (Lipinski definition) is 1. The standard InChI is InChI=1S/C16H18N4OS/c1-16(2)5-8-9(6-16)13(20(3)4)19-15-10(8)11-12(22-15)14(21)18-7-17-11/h7H,5-6H2,1-4H3,(H,17,18,21). The molecule has 0 saturated heterocycles. The van der Waals surface area contributed by atoms with Gasteiger partial charge in [0.25, 0.3) is 5.56 Å². The van der Waals surface area contributed by atoms with Crippen LogP contribution in [-0.2, 0) is 12.8 Å². The number of H-pyrrole nitrogens is 1. The minimum absolute atomic E-state index is 0.0783. The van der Waals surface area contributed by atoms with Gasteiger partial charge in [0, 0.05) is 19.5 Å². The number of pyridine rings is 1. The molecule has 0 saturated carbocycles. The van der Waals surface area contributed by atoms with Crippen LogP contribution in [0.25, 0.3) is 20.4 Å². The van der Waals surface area contributed by atoms with Crippen LogP contribution in [0.15, 0.2) is 11.1 Å². The molecule has 3 aromatic rings. The molecule has 0 bridgehead atoms. The molecule has 0 aromatic carbocycles. The summed E-state index contributed by atoms with van der Waals surface area (Å²) in [5, 5.41) is 1.08. The maximum atomic E-state index is 12.1. The van der Waals surface area contributed by atoms with E-state index in [-0.39, 0.29) is 11.0 Å². The Balaban J connectivity index is 2.19. The van der Waals surface area contributed by atoms with E-state index in [0.717, 1.165) is 34.4 Å². The number of aromatic amines is 1. The second-order valence-electron chi connectivity index (χ2n) is 7.00. The number of hydrogen-bond acceptors (Lipinski definition) is 5. The Morgan fingerprint density at radius 1 is 1.27 bits per heavy atom. The third-order valence-corrected chi connectivity index (χ3v) is 5.41. The Morgan fingerprint density at radius 3 is 2.73 bits per heavy atom. The summed E-state index contributed by atoms with van der Waals surface area (Å²) in [6.07, 6.45) is 3.50. The largest absolute Gasteiger partial charge is 0.362 e. The zero-order valence-corrected chi connectivity index (χ0v) is 14.0. The fourth-order valence-corrected chi connectivity index (χ4v) is 4.53. The lowest BCUT2D eigenvalue weighted by atomic mass is 9.90. The second kappa shape index (κ2) is 4.29. The number of anilines is 1. The Hall–Kier alpha value is -1.95. The van der Waals surface area contributed by atoms with E-state index in [9.17, 15) is 4.79 Å². The van der Waals surface area contributed by atoms with Crippen LogP contribution in [0.4, 0.5) is 5.82 Å². The molecule has 0 amide bonds. The zero-order chi connectivity index (χ0) is 15.6. The highest BCUT2D eigenvalue weighted by atomic mass is 32.1. The molecule has 0 radical (unpaired) electrons. The summed E-state index contributed by atoms with van der Waals surface area (Å²) in [5.74, 6) is 1.02. The molecule has 4 rings (SSSR count). The number of aromatic nitrogens is 3. The highest BCUT2D eigenvalue weighted by Gasteiger charge is 2.34. The van der Waals surface area contributed by atoms with Gasteiger partial charge in [-0.1, -0.05) is 13.8 Å². The van der Waals surface area contributed by atoms with Gasteiger partial charge in [-0.15, -0.1) is 11.3 Å². The van der Waals surface area contributed by atoms with Gasteiger partial charge >= 0.3 is 0 Å². The SMILES string of the molecule is CN(C)c1nc2sc3c(=O)[nH]cnc3c2c2c1CC(C)(C)C2. The summed E-state index contributed by atoms with van der Waals surface area (Å²) in [6, 6.07) is 0. The number of nitrogens with zero attached hydrogens (tertiary/aromatic N) is 3. The predicted octanol–water partition coefficient (Wildman–Crippen LogP) is 2.72. The third-order valence-electron chi connectivity index (χ3n) is 4.34. The van der Waals surface area contributed by atoms with Crippen LogP contribution >= 0.6 is 11.3 Å². The Morgan fingerprint density at radius 2 is 2.00 bits per heavy atom. The fraction of sp³-hybridized carbons (Fsp3) is 0.438. The van der Waals surface area contributed by atoms with Gasteiger partial charge in [0.15, 0.2) is 0 Å². The lowest BCUT2D eigenvalue weighted by molar-refractivity contribution is 0.393. The number of fused-ring (bicyclic) bond motifs is 5. The van der Waals surface area contributed by atoms with Crippen molar-refractivity contribution in [3.63, 3.8) is 0 Å². The van der Waals surface area contributed by atoms with E-state index < -0.39 is 0 Å². The van der Waals surface area contributed by atoms with E-state index in [2.05, 4.69) is 28.7 Å². The first kappa shape index (κ1) is 13.7. The molecule has 0 aliphatic heterocycles. The zero-order valence-electron chi connectivity index (χ0n) is 13.1. The smallest absolute Gasteiger partial charge is 0.268 e. The van der Waals surface area contributed by atoms with E-state index in [1.54, 1.807) is 0 Å². The summed E-state index contributed by atoms with van der Waals surface area (Å²) >= 11 is 1.44. The van der Waals surface area contributed by atoms with Gasteiger partial charge in [-0.3, -0.25) is 4.79 Å². The average molecular weight is 314 g/mol. The Kier molecular flexibility index (Phi) is 2.67. The maximum absolute atomic E-state index is 12.1. The van der Waals surface area contributed by atoms with Crippen LogP contribution in [0.5, 0.6) is 0 Å². The maximum Gasteiger partial charge on any atom is 0.268 e. The minimum atomic E-state index is -0.0783. The van der Waals surface area contributed by atoms with Crippen molar-refractivity contribution in [2.24, 2.45) is 5.41 Å². The molecule has 1 aliphatic rings. The highest BCUT2D eigenvalue weighted by Crippen LogP contribution is 2.46. The summed E-state index contributed by atoms with van der Waals surface area (Å²) in [6.45, 7) is 4.57. The van der Waals surface area contributed by atoms with Crippen molar-refractivity contribution in [1.29, 1.82) is 0 Å². The molecule has 6 heteroatoms. The molecule has 5 nitrogen and oxygen atoms in total. The Labute approximate surface area is 132 Å². The molecule has 3 heterocycles. The van der Waals surface area contributed by atoms with Crippen molar-refractivity contribution >= 4 is 37.6 Å². The first-order valence-corrected chi connectivity index (χ1v) is 8.18. The van der Waals surface area contributed by atoms with Gasteiger partial charge in [0.2, 0.25) is 0 Å². The van der Waals surface area contributed by atoms with Gasteiger partial charge in [-0.25, -0.2) is 9.97 Å². The van der Waals surface area contributed by atoms with Crippen LogP contribution < -0.4 is 10.5 Å². The molecule has 22 heavy (non-hydrogen) atoms. The lowest BCUT2D eigenvalue weighted by Crippen LogP contribution is -2.14. The lowest BCUT2D eigenvalue weighted by Gasteiger charge is -2.17. The highest BCUT2D eigenvalue weighted by molar-refractivity contribution is 7.25. The van der Waals surface area contributed by atoms with Crippen molar-refractivity contribution in [3.8, 4) is 0 Å².